The van der Waals surface area contributed by atoms with Crippen LogP contribution < -0.4 is 0 Å². The highest BCUT2D eigenvalue weighted by Crippen LogP contribution is 2.25. The summed E-state index contributed by atoms with van der Waals surface area (Å²) < 4.78 is 18.7. The van der Waals surface area contributed by atoms with E-state index in [2.05, 4.69) is 0 Å². The summed E-state index contributed by atoms with van der Waals surface area (Å²) in [5, 5.41) is 0. The van der Waals surface area contributed by atoms with Crippen LogP contribution in [-0.4, -0.2) is 30.6 Å². The van der Waals surface area contributed by atoms with Gasteiger partial charge < -0.3 is 9.64 Å². The minimum Gasteiger partial charge on any atom is -0.377 e. The summed E-state index contributed by atoms with van der Waals surface area (Å²) in [5.41, 5.74) is 3.07. The second-order valence-electron chi connectivity index (χ2n) is 5.90. The average molecular weight is 313 g/mol. The minimum atomic E-state index is -0.275. The molecule has 0 aromatic heterocycles. The lowest BCUT2D eigenvalue weighted by molar-refractivity contribution is -0.139. The van der Waals surface area contributed by atoms with E-state index in [1.165, 1.54) is 12.1 Å². The molecule has 1 atom stereocenters. The van der Waals surface area contributed by atoms with Gasteiger partial charge in [-0.3, -0.25) is 4.79 Å². The molecule has 1 heterocycles. The highest BCUT2D eigenvalue weighted by molar-refractivity contribution is 5.79. The molecule has 0 saturated carbocycles. The number of carbonyl (C=O) groups is 1. The van der Waals surface area contributed by atoms with Crippen molar-refractivity contribution in [1.82, 2.24) is 4.90 Å². The fourth-order valence-electron chi connectivity index (χ4n) is 2.96. The molecule has 2 aromatic carbocycles. The molecule has 1 amide bonds. The van der Waals surface area contributed by atoms with Gasteiger partial charge in [0, 0.05) is 6.54 Å². The number of amides is 1. The molecule has 0 N–H and O–H groups in total. The first kappa shape index (κ1) is 15.7. The van der Waals surface area contributed by atoms with Crippen LogP contribution in [0.5, 0.6) is 0 Å². The van der Waals surface area contributed by atoms with Crippen molar-refractivity contribution in [3.63, 3.8) is 0 Å². The monoisotopic (exact) mass is 313 g/mol. The zero-order valence-corrected chi connectivity index (χ0v) is 13.2. The fraction of sp³-hybridized carbons (Fsp3) is 0.316. The molecule has 120 valence electrons. The Bertz CT molecular complexity index is 684. The third kappa shape index (κ3) is 3.77. The van der Waals surface area contributed by atoms with Gasteiger partial charge in [-0.2, -0.15) is 0 Å². The van der Waals surface area contributed by atoms with E-state index in [-0.39, 0.29) is 17.8 Å². The summed E-state index contributed by atoms with van der Waals surface area (Å²) in [5.74, 6) is -0.198. The van der Waals surface area contributed by atoms with Crippen LogP contribution in [-0.2, 0) is 16.0 Å². The average Bonchev–Trinajstić information content (AvgIpc) is 2.55. The molecule has 3 rings (SSSR count). The van der Waals surface area contributed by atoms with Crippen LogP contribution >= 0.6 is 0 Å². The Morgan fingerprint density at radius 2 is 2.04 bits per heavy atom. The quantitative estimate of drug-likeness (QED) is 0.870. The van der Waals surface area contributed by atoms with Crippen LogP contribution in [0.4, 0.5) is 4.39 Å². The lowest BCUT2D eigenvalue weighted by Gasteiger charge is -2.36. The number of halogens is 1. The number of ether oxygens (including phenoxy) is 1. The van der Waals surface area contributed by atoms with Crippen molar-refractivity contribution in [2.45, 2.75) is 19.4 Å². The van der Waals surface area contributed by atoms with Crippen LogP contribution in [0.1, 0.15) is 22.7 Å². The third-order valence-corrected chi connectivity index (χ3v) is 4.14. The maximum Gasteiger partial charge on any atom is 0.227 e. The normalized spacial score (nSPS) is 18.0. The first-order valence-corrected chi connectivity index (χ1v) is 7.82. The number of carbonyl (C=O) groups excluding carboxylic acids is 1. The second kappa shape index (κ2) is 6.92. The van der Waals surface area contributed by atoms with Crippen molar-refractivity contribution in [3.05, 3.63) is 71.0 Å². The molecular weight excluding hydrogens is 293 g/mol. The predicted octanol–water partition coefficient (Wildman–Crippen LogP) is 3.28. The Balaban J connectivity index is 1.77. The zero-order valence-electron chi connectivity index (χ0n) is 13.2. The Hall–Kier alpha value is -2.20. The molecule has 1 saturated heterocycles. The molecule has 3 nitrogen and oxygen atoms in total. The number of hydrogen-bond acceptors (Lipinski definition) is 2. The van der Waals surface area contributed by atoms with Crippen LogP contribution in [0.3, 0.4) is 0 Å². The van der Waals surface area contributed by atoms with Gasteiger partial charge in [-0.15, -0.1) is 0 Å². The van der Waals surface area contributed by atoms with Gasteiger partial charge in [-0.1, -0.05) is 42.0 Å². The number of nitrogens with zero attached hydrogens (tertiary/aromatic N) is 1. The molecule has 4 heteroatoms. The Kier molecular flexibility index (Phi) is 4.72. The molecule has 0 bridgehead atoms. The molecule has 1 fully saturated rings. The first-order chi connectivity index (χ1) is 11.1. The van der Waals surface area contributed by atoms with E-state index in [0.29, 0.717) is 26.2 Å². The molecule has 2 aromatic rings. The topological polar surface area (TPSA) is 29.5 Å². The molecular formula is C19H20FNO2. The number of benzene rings is 2. The lowest BCUT2D eigenvalue weighted by atomic mass is 10.0. The van der Waals surface area contributed by atoms with Crippen molar-refractivity contribution in [2.24, 2.45) is 0 Å². The maximum atomic E-state index is 13.1. The summed E-state index contributed by atoms with van der Waals surface area (Å²) in [6, 6.07) is 14.1. The Morgan fingerprint density at radius 3 is 2.78 bits per heavy atom. The van der Waals surface area contributed by atoms with Crippen molar-refractivity contribution in [1.29, 1.82) is 0 Å². The molecule has 1 unspecified atom stereocenters. The molecule has 0 aliphatic carbocycles. The van der Waals surface area contributed by atoms with Gasteiger partial charge in [0.05, 0.1) is 25.7 Å². The standard InChI is InChI=1S/C19H20FNO2/c1-14-3-2-4-15(11-14)12-19(22)21-9-10-23-13-18(21)16-5-7-17(20)8-6-16/h2-8,11,18H,9-10,12-13H2,1H3. The molecule has 1 aliphatic heterocycles. The summed E-state index contributed by atoms with van der Waals surface area (Å²) in [6.45, 7) is 3.57. The van der Waals surface area contributed by atoms with E-state index >= 15 is 0 Å². The van der Waals surface area contributed by atoms with E-state index in [0.717, 1.165) is 16.7 Å². The van der Waals surface area contributed by atoms with E-state index in [9.17, 15) is 9.18 Å². The van der Waals surface area contributed by atoms with Gasteiger partial charge >= 0.3 is 0 Å². The van der Waals surface area contributed by atoms with Crippen LogP contribution in [0.25, 0.3) is 0 Å². The Morgan fingerprint density at radius 1 is 1.26 bits per heavy atom. The van der Waals surface area contributed by atoms with E-state index in [4.69, 9.17) is 4.74 Å². The summed E-state index contributed by atoms with van der Waals surface area (Å²) >= 11 is 0. The molecule has 23 heavy (non-hydrogen) atoms. The van der Waals surface area contributed by atoms with Crippen molar-refractivity contribution in [3.8, 4) is 0 Å². The van der Waals surface area contributed by atoms with Crippen LogP contribution in [0, 0.1) is 12.7 Å². The lowest BCUT2D eigenvalue weighted by Crippen LogP contribution is -2.44. The second-order valence-corrected chi connectivity index (χ2v) is 5.90. The highest BCUT2D eigenvalue weighted by Gasteiger charge is 2.28. The van der Waals surface area contributed by atoms with Gasteiger partial charge in [-0.25, -0.2) is 4.39 Å². The predicted molar refractivity (Wildman–Crippen MR) is 86.6 cm³/mol. The number of morpholine rings is 1. The van der Waals surface area contributed by atoms with Gasteiger partial charge in [0.1, 0.15) is 5.82 Å². The molecule has 0 radical (unpaired) electrons. The minimum absolute atomic E-state index is 0.0771. The third-order valence-electron chi connectivity index (χ3n) is 4.14. The molecule has 1 aliphatic rings. The van der Waals surface area contributed by atoms with E-state index in [1.54, 1.807) is 12.1 Å². The largest absolute Gasteiger partial charge is 0.377 e. The summed E-state index contributed by atoms with van der Waals surface area (Å²) in [7, 11) is 0. The maximum absolute atomic E-state index is 13.1. The van der Waals surface area contributed by atoms with Crippen molar-refractivity contribution >= 4 is 5.91 Å². The number of rotatable bonds is 3. The van der Waals surface area contributed by atoms with Crippen molar-refractivity contribution in [2.75, 3.05) is 19.8 Å². The van der Waals surface area contributed by atoms with Gasteiger partial charge in [-0.05, 0) is 30.2 Å². The summed E-state index contributed by atoms with van der Waals surface area (Å²) in [6.07, 6.45) is 0.374. The van der Waals surface area contributed by atoms with Gasteiger partial charge in [0.15, 0.2) is 0 Å². The SMILES string of the molecule is Cc1cccc(CC(=O)N2CCOCC2c2ccc(F)cc2)c1. The van der Waals surface area contributed by atoms with Gasteiger partial charge in [0.25, 0.3) is 0 Å². The van der Waals surface area contributed by atoms with Crippen LogP contribution in [0.15, 0.2) is 48.5 Å². The van der Waals surface area contributed by atoms with E-state index in [1.807, 2.05) is 36.1 Å². The Labute approximate surface area is 135 Å². The molecule has 0 spiro atoms. The highest BCUT2D eigenvalue weighted by atomic mass is 19.1. The zero-order chi connectivity index (χ0) is 16.2. The van der Waals surface area contributed by atoms with E-state index < -0.39 is 0 Å². The summed E-state index contributed by atoms with van der Waals surface area (Å²) in [4.78, 5) is 14.6. The van der Waals surface area contributed by atoms with Crippen LogP contribution in [0.2, 0.25) is 0 Å². The smallest absolute Gasteiger partial charge is 0.227 e. The fourth-order valence-corrected chi connectivity index (χ4v) is 2.96. The van der Waals surface area contributed by atoms with Crippen molar-refractivity contribution < 1.29 is 13.9 Å². The number of hydrogen-bond donors (Lipinski definition) is 0. The number of aryl methyl sites for hydroxylation is 1. The first-order valence-electron chi connectivity index (χ1n) is 7.82. The van der Waals surface area contributed by atoms with Gasteiger partial charge in [0.2, 0.25) is 5.91 Å².